The molecule has 0 fully saturated rings. The van der Waals surface area contributed by atoms with Gasteiger partial charge in [-0.3, -0.25) is 14.4 Å². The van der Waals surface area contributed by atoms with E-state index in [4.69, 9.17) is 5.73 Å². The van der Waals surface area contributed by atoms with Crippen molar-refractivity contribution in [3.8, 4) is 0 Å². The van der Waals surface area contributed by atoms with Crippen LogP contribution in [0.2, 0.25) is 0 Å². The van der Waals surface area contributed by atoms with Crippen LogP contribution in [0.3, 0.4) is 0 Å². The predicted molar refractivity (Wildman–Crippen MR) is 105 cm³/mol. The lowest BCUT2D eigenvalue weighted by Crippen LogP contribution is -2.57. The van der Waals surface area contributed by atoms with Crippen LogP contribution in [-0.4, -0.2) is 65.0 Å². The molecule has 0 aromatic carbocycles. The number of nitrogens with two attached hydrogens (primary N) is 1. The number of carboxylic acids is 1. The largest absolute Gasteiger partial charge is 0.480 e. The first kappa shape index (κ1) is 25.2. The molecule has 6 N–H and O–H groups in total. The van der Waals surface area contributed by atoms with Gasteiger partial charge < -0.3 is 26.8 Å². The van der Waals surface area contributed by atoms with Gasteiger partial charge in [-0.05, 0) is 38.2 Å². The van der Waals surface area contributed by atoms with Gasteiger partial charge in [0.05, 0.1) is 6.04 Å². The van der Waals surface area contributed by atoms with Crippen molar-refractivity contribution in [1.29, 1.82) is 0 Å². The number of thioether (sulfide) groups is 1. The molecule has 0 bridgehead atoms. The number of carbonyl (C=O) groups excluding carboxylic acids is 3. The van der Waals surface area contributed by atoms with Crippen LogP contribution in [0.4, 0.5) is 0 Å². The molecular formula is C17H32N4O5S. The first-order chi connectivity index (χ1) is 12.5. The Morgan fingerprint density at radius 3 is 2.04 bits per heavy atom. The van der Waals surface area contributed by atoms with Gasteiger partial charge in [-0.25, -0.2) is 4.79 Å². The Kier molecular flexibility index (Phi) is 11.7. The number of amides is 3. The molecule has 0 aliphatic carbocycles. The normalized spacial score (nSPS) is 16.4. The smallest absolute Gasteiger partial charge is 0.326 e. The molecule has 5 unspecified atom stereocenters. The van der Waals surface area contributed by atoms with E-state index in [1.165, 1.54) is 25.6 Å². The van der Waals surface area contributed by atoms with Gasteiger partial charge in [-0.15, -0.1) is 0 Å². The number of hydrogen-bond acceptors (Lipinski definition) is 6. The maximum Gasteiger partial charge on any atom is 0.326 e. The Morgan fingerprint density at radius 2 is 1.59 bits per heavy atom. The molecule has 0 aliphatic heterocycles. The average Bonchev–Trinajstić information content (AvgIpc) is 2.61. The summed E-state index contributed by atoms with van der Waals surface area (Å²) in [7, 11) is 0. The lowest BCUT2D eigenvalue weighted by molar-refractivity contribution is -0.142. The Balaban J connectivity index is 4.96. The summed E-state index contributed by atoms with van der Waals surface area (Å²) in [6, 6.07) is -3.58. The maximum absolute atomic E-state index is 12.5. The molecule has 10 heteroatoms. The van der Waals surface area contributed by atoms with Crippen molar-refractivity contribution < 1.29 is 24.3 Å². The molecule has 0 aliphatic rings. The molecule has 0 spiro atoms. The summed E-state index contributed by atoms with van der Waals surface area (Å²) in [5.74, 6) is -2.29. The van der Waals surface area contributed by atoms with Crippen LogP contribution in [0.15, 0.2) is 0 Å². The molecule has 9 nitrogen and oxygen atoms in total. The molecule has 0 rings (SSSR count). The molecule has 0 aromatic heterocycles. The minimum absolute atomic E-state index is 0.170. The number of carbonyl (C=O) groups is 4. The van der Waals surface area contributed by atoms with Crippen molar-refractivity contribution in [1.82, 2.24) is 16.0 Å². The summed E-state index contributed by atoms with van der Waals surface area (Å²) in [5.41, 5.74) is 5.53. The van der Waals surface area contributed by atoms with E-state index in [0.29, 0.717) is 12.2 Å². The van der Waals surface area contributed by atoms with Gasteiger partial charge in [0.25, 0.3) is 0 Å². The van der Waals surface area contributed by atoms with Gasteiger partial charge in [-0.1, -0.05) is 20.3 Å². The summed E-state index contributed by atoms with van der Waals surface area (Å²) in [5, 5.41) is 16.7. The van der Waals surface area contributed by atoms with Gasteiger partial charge in [0, 0.05) is 0 Å². The highest BCUT2D eigenvalue weighted by Crippen LogP contribution is 2.09. The molecule has 0 saturated carbocycles. The van der Waals surface area contributed by atoms with Crippen LogP contribution < -0.4 is 21.7 Å². The molecule has 0 aromatic rings. The molecule has 5 atom stereocenters. The third-order valence-corrected chi connectivity index (χ3v) is 4.83. The standard InChI is InChI=1S/C17H32N4O5S/c1-6-9(2)13(21-14(22)10(3)18)16(24)19-11(4)15(23)20-12(17(25)26)7-8-27-5/h9-13H,6-8,18H2,1-5H3,(H,19,24)(H,20,23)(H,21,22)(H,25,26). The summed E-state index contributed by atoms with van der Waals surface area (Å²) in [4.78, 5) is 47.9. The van der Waals surface area contributed by atoms with Crippen LogP contribution in [0.1, 0.15) is 40.5 Å². The lowest BCUT2D eigenvalue weighted by Gasteiger charge is -2.26. The highest BCUT2D eigenvalue weighted by atomic mass is 32.2. The number of hydrogen-bond donors (Lipinski definition) is 5. The molecule has 27 heavy (non-hydrogen) atoms. The fourth-order valence-electron chi connectivity index (χ4n) is 2.15. The van der Waals surface area contributed by atoms with Crippen LogP contribution in [0, 0.1) is 5.92 Å². The van der Waals surface area contributed by atoms with Crippen LogP contribution >= 0.6 is 11.8 Å². The van der Waals surface area contributed by atoms with Crippen molar-refractivity contribution in [3.05, 3.63) is 0 Å². The van der Waals surface area contributed by atoms with Crippen molar-refractivity contribution in [2.45, 2.75) is 64.7 Å². The predicted octanol–water partition coefficient (Wildman–Crippen LogP) is -0.308. The van der Waals surface area contributed by atoms with Gasteiger partial charge in [0.15, 0.2) is 0 Å². The highest BCUT2D eigenvalue weighted by molar-refractivity contribution is 7.98. The number of carboxylic acid groups (broad SMARTS) is 1. The van der Waals surface area contributed by atoms with E-state index in [9.17, 15) is 24.3 Å². The summed E-state index contributed by atoms with van der Waals surface area (Å²) >= 11 is 1.48. The van der Waals surface area contributed by atoms with E-state index in [2.05, 4.69) is 16.0 Å². The Morgan fingerprint density at radius 1 is 1.00 bits per heavy atom. The van der Waals surface area contributed by atoms with Crippen molar-refractivity contribution in [3.63, 3.8) is 0 Å². The fourth-order valence-corrected chi connectivity index (χ4v) is 2.62. The molecule has 3 amide bonds. The Hall–Kier alpha value is -1.81. The number of rotatable bonds is 12. The second kappa shape index (κ2) is 12.6. The Bertz CT molecular complexity index is 529. The zero-order valence-electron chi connectivity index (χ0n) is 16.6. The fraction of sp³-hybridized carbons (Fsp3) is 0.765. The lowest BCUT2D eigenvalue weighted by atomic mass is 9.97. The van der Waals surface area contributed by atoms with E-state index in [0.717, 1.165) is 0 Å². The van der Waals surface area contributed by atoms with Crippen molar-refractivity contribution in [2.75, 3.05) is 12.0 Å². The number of nitrogens with one attached hydrogen (secondary N) is 3. The van der Waals surface area contributed by atoms with Crippen molar-refractivity contribution >= 4 is 35.5 Å². The summed E-state index contributed by atoms with van der Waals surface area (Å²) < 4.78 is 0. The summed E-state index contributed by atoms with van der Waals surface area (Å²) in [6.45, 7) is 6.65. The second-order valence-corrected chi connectivity index (χ2v) is 7.56. The SMILES string of the molecule is CCC(C)C(NC(=O)C(C)N)C(=O)NC(C)C(=O)NC(CCSC)C(=O)O. The van der Waals surface area contributed by atoms with E-state index in [-0.39, 0.29) is 12.3 Å². The Labute approximate surface area is 164 Å². The van der Waals surface area contributed by atoms with Gasteiger partial charge in [0.1, 0.15) is 18.1 Å². The molecule has 0 saturated heterocycles. The van der Waals surface area contributed by atoms with Crippen LogP contribution in [0.5, 0.6) is 0 Å². The minimum atomic E-state index is -1.13. The van der Waals surface area contributed by atoms with E-state index in [1.54, 1.807) is 6.92 Å². The quantitative estimate of drug-likeness (QED) is 0.299. The third-order valence-electron chi connectivity index (χ3n) is 4.18. The van der Waals surface area contributed by atoms with E-state index >= 15 is 0 Å². The van der Waals surface area contributed by atoms with E-state index in [1.807, 2.05) is 13.2 Å². The minimum Gasteiger partial charge on any atom is -0.480 e. The third kappa shape index (κ3) is 9.09. The van der Waals surface area contributed by atoms with Gasteiger partial charge >= 0.3 is 5.97 Å². The number of aliphatic carboxylic acids is 1. The maximum atomic E-state index is 12.5. The highest BCUT2D eigenvalue weighted by Gasteiger charge is 2.30. The summed E-state index contributed by atoms with van der Waals surface area (Å²) in [6.07, 6.45) is 2.76. The van der Waals surface area contributed by atoms with Crippen LogP contribution in [-0.2, 0) is 19.2 Å². The molecule has 156 valence electrons. The van der Waals surface area contributed by atoms with Gasteiger partial charge in [0.2, 0.25) is 17.7 Å². The molecule has 0 radical (unpaired) electrons. The molecular weight excluding hydrogens is 372 g/mol. The second-order valence-electron chi connectivity index (χ2n) is 6.57. The average molecular weight is 405 g/mol. The molecule has 0 heterocycles. The zero-order chi connectivity index (χ0) is 21.1. The first-order valence-corrected chi connectivity index (χ1v) is 10.3. The first-order valence-electron chi connectivity index (χ1n) is 8.93. The zero-order valence-corrected chi connectivity index (χ0v) is 17.4. The van der Waals surface area contributed by atoms with Crippen LogP contribution in [0.25, 0.3) is 0 Å². The topological polar surface area (TPSA) is 151 Å². The van der Waals surface area contributed by atoms with Gasteiger partial charge in [-0.2, -0.15) is 11.8 Å². The van der Waals surface area contributed by atoms with Crippen molar-refractivity contribution in [2.24, 2.45) is 11.7 Å². The van der Waals surface area contributed by atoms with E-state index < -0.39 is 47.9 Å². The monoisotopic (exact) mass is 404 g/mol.